The lowest BCUT2D eigenvalue weighted by molar-refractivity contribution is -0.119. The van der Waals surface area contributed by atoms with Gasteiger partial charge in [0.25, 0.3) is 0 Å². The van der Waals surface area contributed by atoms with Gasteiger partial charge in [-0.05, 0) is 55.7 Å². The van der Waals surface area contributed by atoms with Crippen molar-refractivity contribution in [3.8, 4) is 0 Å². The van der Waals surface area contributed by atoms with Crippen molar-refractivity contribution in [2.45, 2.75) is 31.7 Å². The predicted octanol–water partition coefficient (Wildman–Crippen LogP) is 2.87. The molecule has 0 spiro atoms. The molecule has 0 bridgehead atoms. The van der Waals surface area contributed by atoms with Gasteiger partial charge in [-0.15, -0.1) is 0 Å². The molecule has 4 heteroatoms. The van der Waals surface area contributed by atoms with Gasteiger partial charge in [0.05, 0.1) is 0 Å². The Morgan fingerprint density at radius 2 is 1.90 bits per heavy atom. The normalized spacial score (nSPS) is 18.1. The molecule has 0 saturated heterocycles. The number of nitrogens with one attached hydrogen (secondary N) is 2. The minimum atomic E-state index is -0.120. The third-order valence-electron chi connectivity index (χ3n) is 4.01. The number of benzene rings is 1. The van der Waals surface area contributed by atoms with Gasteiger partial charge in [0.1, 0.15) is 6.61 Å². The highest BCUT2D eigenvalue weighted by atomic mass is 16.5. The number of hydrogen-bond donors (Lipinski definition) is 2. The first-order valence-electron chi connectivity index (χ1n) is 7.41. The Labute approximate surface area is 119 Å². The Bertz CT molecular complexity index is 469. The minimum Gasteiger partial charge on any atom is -0.382 e. The summed E-state index contributed by atoms with van der Waals surface area (Å²) in [6.07, 6.45) is 5.44. The number of anilines is 2. The van der Waals surface area contributed by atoms with Gasteiger partial charge in [-0.1, -0.05) is 6.07 Å². The van der Waals surface area contributed by atoms with Crippen molar-refractivity contribution >= 4 is 17.3 Å². The van der Waals surface area contributed by atoms with Crippen LogP contribution in [0.4, 0.5) is 11.4 Å². The number of hydrogen-bond acceptors (Lipinski definition) is 3. The molecule has 0 aliphatic heterocycles. The number of carbonyl (C=O) groups excluding carboxylic acids is 1. The number of rotatable bonds is 7. The second-order valence-electron chi connectivity index (χ2n) is 5.91. The van der Waals surface area contributed by atoms with E-state index in [2.05, 4.69) is 16.7 Å². The average molecular weight is 274 g/mol. The Kier molecular flexibility index (Phi) is 3.92. The summed E-state index contributed by atoms with van der Waals surface area (Å²) in [5, 5.41) is 6.51. The zero-order valence-corrected chi connectivity index (χ0v) is 11.9. The topological polar surface area (TPSA) is 50.4 Å². The lowest BCUT2D eigenvalue weighted by atomic mass is 10.1. The van der Waals surface area contributed by atoms with Crippen LogP contribution in [0.2, 0.25) is 0 Å². The number of methoxy groups -OCH3 is 1. The first-order chi connectivity index (χ1) is 9.76. The van der Waals surface area contributed by atoms with E-state index < -0.39 is 0 Å². The molecule has 2 aliphatic carbocycles. The Hall–Kier alpha value is -1.55. The second-order valence-corrected chi connectivity index (χ2v) is 5.91. The smallest absolute Gasteiger partial charge is 0.250 e. The fourth-order valence-electron chi connectivity index (χ4n) is 2.74. The monoisotopic (exact) mass is 274 g/mol. The molecule has 0 heterocycles. The van der Waals surface area contributed by atoms with Crippen molar-refractivity contribution in [2.75, 3.05) is 24.4 Å². The van der Waals surface area contributed by atoms with E-state index in [1.54, 1.807) is 0 Å². The molecule has 0 unspecified atom stereocenters. The molecule has 1 amide bonds. The molecule has 4 nitrogen and oxygen atoms in total. The quantitative estimate of drug-likeness (QED) is 0.804. The summed E-state index contributed by atoms with van der Waals surface area (Å²) in [6, 6.07) is 8.58. The summed E-state index contributed by atoms with van der Waals surface area (Å²) < 4.78 is 4.82. The molecule has 2 fully saturated rings. The molecule has 0 atom stereocenters. The maximum absolute atomic E-state index is 11.5. The lowest BCUT2D eigenvalue weighted by Gasteiger charge is -2.19. The largest absolute Gasteiger partial charge is 0.382 e. The van der Waals surface area contributed by atoms with Gasteiger partial charge in [-0.3, -0.25) is 4.79 Å². The van der Waals surface area contributed by atoms with E-state index in [1.807, 2.05) is 18.2 Å². The van der Waals surface area contributed by atoms with Gasteiger partial charge in [0, 0.05) is 24.5 Å². The highest BCUT2D eigenvalue weighted by molar-refractivity contribution is 5.92. The molecule has 1 aromatic rings. The first kappa shape index (κ1) is 13.4. The Morgan fingerprint density at radius 3 is 2.50 bits per heavy atom. The maximum atomic E-state index is 11.5. The fraction of sp³-hybridized carbons (Fsp3) is 0.562. The van der Waals surface area contributed by atoms with Crippen molar-refractivity contribution in [1.29, 1.82) is 0 Å². The lowest BCUT2D eigenvalue weighted by Crippen LogP contribution is -2.24. The van der Waals surface area contributed by atoms with Crippen LogP contribution in [0.25, 0.3) is 0 Å². The molecule has 2 saturated carbocycles. The zero-order valence-electron chi connectivity index (χ0n) is 11.9. The standard InChI is InChI=1S/C16H22N2O2/c1-20-10-15(19)17-13-3-2-4-14(9-13)18-16(11-5-6-11)12-7-8-12/h2-4,9,11-12,16,18H,5-8,10H2,1H3,(H,17,19). The van der Waals surface area contributed by atoms with E-state index in [0.29, 0.717) is 6.04 Å². The summed E-state index contributed by atoms with van der Waals surface area (Å²) in [4.78, 5) is 11.5. The van der Waals surface area contributed by atoms with Crippen LogP contribution in [0.15, 0.2) is 24.3 Å². The first-order valence-corrected chi connectivity index (χ1v) is 7.41. The molecule has 108 valence electrons. The number of amides is 1. The number of ether oxygens (including phenoxy) is 1. The van der Waals surface area contributed by atoms with Crippen molar-refractivity contribution in [3.05, 3.63) is 24.3 Å². The molecule has 0 radical (unpaired) electrons. The third kappa shape index (κ3) is 3.51. The Balaban J connectivity index is 1.62. The van der Waals surface area contributed by atoms with Crippen LogP contribution in [-0.2, 0) is 9.53 Å². The zero-order chi connectivity index (χ0) is 13.9. The second kappa shape index (κ2) is 5.83. The molecule has 0 aromatic heterocycles. The predicted molar refractivity (Wildman–Crippen MR) is 79.8 cm³/mol. The van der Waals surface area contributed by atoms with E-state index in [0.717, 1.165) is 23.2 Å². The van der Waals surface area contributed by atoms with Gasteiger partial charge in [0.15, 0.2) is 0 Å². The van der Waals surface area contributed by atoms with Gasteiger partial charge < -0.3 is 15.4 Å². The molecular formula is C16H22N2O2. The summed E-state index contributed by atoms with van der Waals surface area (Å²) in [5.41, 5.74) is 1.92. The molecule has 2 N–H and O–H groups in total. The summed E-state index contributed by atoms with van der Waals surface area (Å²) >= 11 is 0. The average Bonchev–Trinajstić information content (AvgIpc) is 3.28. The fourth-order valence-corrected chi connectivity index (χ4v) is 2.74. The van der Waals surface area contributed by atoms with Crippen LogP contribution in [0.1, 0.15) is 25.7 Å². The van der Waals surface area contributed by atoms with E-state index in [-0.39, 0.29) is 12.5 Å². The molecular weight excluding hydrogens is 252 g/mol. The van der Waals surface area contributed by atoms with E-state index >= 15 is 0 Å². The van der Waals surface area contributed by atoms with Crippen molar-refractivity contribution in [1.82, 2.24) is 0 Å². The highest BCUT2D eigenvalue weighted by Crippen LogP contribution is 2.45. The van der Waals surface area contributed by atoms with Gasteiger partial charge in [0.2, 0.25) is 5.91 Å². The van der Waals surface area contributed by atoms with Crippen molar-refractivity contribution < 1.29 is 9.53 Å². The summed E-state index contributed by atoms with van der Waals surface area (Å²) in [5.74, 6) is 1.59. The van der Waals surface area contributed by atoms with Crippen LogP contribution in [-0.4, -0.2) is 25.7 Å². The van der Waals surface area contributed by atoms with Crippen LogP contribution in [0.5, 0.6) is 0 Å². The van der Waals surface area contributed by atoms with E-state index in [9.17, 15) is 4.79 Å². The SMILES string of the molecule is COCC(=O)Nc1cccc(NC(C2CC2)C2CC2)c1. The Morgan fingerprint density at radius 1 is 1.25 bits per heavy atom. The van der Waals surface area contributed by atoms with Crippen LogP contribution in [0, 0.1) is 11.8 Å². The molecule has 2 aliphatic rings. The number of carbonyl (C=O) groups is 1. The van der Waals surface area contributed by atoms with Crippen LogP contribution >= 0.6 is 0 Å². The molecule has 3 rings (SSSR count). The van der Waals surface area contributed by atoms with Gasteiger partial charge in [-0.25, -0.2) is 0 Å². The van der Waals surface area contributed by atoms with Gasteiger partial charge in [-0.2, -0.15) is 0 Å². The molecule has 1 aromatic carbocycles. The van der Waals surface area contributed by atoms with E-state index in [1.165, 1.54) is 32.8 Å². The van der Waals surface area contributed by atoms with E-state index in [4.69, 9.17) is 4.74 Å². The highest BCUT2D eigenvalue weighted by Gasteiger charge is 2.41. The van der Waals surface area contributed by atoms with Crippen molar-refractivity contribution in [3.63, 3.8) is 0 Å². The van der Waals surface area contributed by atoms with Crippen LogP contribution in [0.3, 0.4) is 0 Å². The maximum Gasteiger partial charge on any atom is 0.250 e. The van der Waals surface area contributed by atoms with Crippen LogP contribution < -0.4 is 10.6 Å². The minimum absolute atomic E-state index is 0.0877. The van der Waals surface area contributed by atoms with Crippen molar-refractivity contribution in [2.24, 2.45) is 11.8 Å². The third-order valence-corrected chi connectivity index (χ3v) is 4.01. The summed E-state index contributed by atoms with van der Waals surface area (Å²) in [6.45, 7) is 0.0877. The summed E-state index contributed by atoms with van der Waals surface area (Å²) in [7, 11) is 1.52. The molecule has 20 heavy (non-hydrogen) atoms. The van der Waals surface area contributed by atoms with Gasteiger partial charge >= 0.3 is 0 Å².